The van der Waals surface area contributed by atoms with Crippen LogP contribution < -0.4 is 17.0 Å². The Labute approximate surface area is 255 Å². The second kappa shape index (κ2) is 11.3. The third-order valence-corrected chi connectivity index (χ3v) is 9.56. The van der Waals surface area contributed by atoms with Crippen LogP contribution in [0.2, 0.25) is 0 Å². The molecule has 3 aliphatic rings. The molecule has 22 nitrogen and oxygen atoms in total. The number of nitrogens with one attached hydrogen (secondary N) is 1. The molecule has 0 aliphatic carbocycles. The number of aliphatic hydroxyl groups is 2. The maximum Gasteiger partial charge on any atom is 0.472 e. The molecule has 0 spiro atoms. The summed E-state index contributed by atoms with van der Waals surface area (Å²) < 4.78 is 60.3. The summed E-state index contributed by atoms with van der Waals surface area (Å²) in [6.07, 6.45) is -7.79. The van der Waals surface area contributed by atoms with Gasteiger partial charge in [0, 0.05) is 18.0 Å². The number of nitrogens with zero attached hydrogens (tertiary/aromatic N) is 6. The number of rotatable bonds is 2. The zero-order valence-electron chi connectivity index (χ0n) is 23.0. The van der Waals surface area contributed by atoms with Crippen LogP contribution in [0.15, 0.2) is 29.8 Å². The van der Waals surface area contributed by atoms with E-state index in [0.717, 1.165) is 6.33 Å². The number of imidazole rings is 1. The predicted molar refractivity (Wildman–Crippen MR) is 149 cm³/mol. The van der Waals surface area contributed by atoms with Gasteiger partial charge in [0.25, 0.3) is 5.56 Å². The molecule has 9 N–H and O–H groups in total. The van der Waals surface area contributed by atoms with E-state index in [1.807, 2.05) is 0 Å². The van der Waals surface area contributed by atoms with E-state index in [9.17, 15) is 33.9 Å². The highest BCUT2D eigenvalue weighted by Crippen LogP contribution is 2.54. The van der Waals surface area contributed by atoms with Crippen LogP contribution in [-0.4, -0.2) is 104 Å². The van der Waals surface area contributed by atoms with E-state index in [1.165, 1.54) is 23.3 Å². The van der Waals surface area contributed by atoms with Crippen LogP contribution in [-0.2, 0) is 36.7 Å². The highest BCUT2D eigenvalue weighted by Gasteiger charge is 2.53. The monoisotopic (exact) mass is 685 g/mol. The molecule has 3 saturated heterocycles. The van der Waals surface area contributed by atoms with Gasteiger partial charge in [0.05, 0.1) is 30.4 Å². The fourth-order valence-electron chi connectivity index (χ4n) is 5.52. The number of ether oxygens (including phenoxy) is 2. The number of pyridine rings is 1. The lowest BCUT2D eigenvalue weighted by Gasteiger charge is -2.25. The first-order valence-corrected chi connectivity index (χ1v) is 16.4. The third kappa shape index (κ3) is 5.47. The van der Waals surface area contributed by atoms with Gasteiger partial charge in [0.1, 0.15) is 54.6 Å². The van der Waals surface area contributed by atoms with E-state index < -0.39 is 83.4 Å². The number of nitrogens with two attached hydrogens (primary N) is 2. The summed E-state index contributed by atoms with van der Waals surface area (Å²) in [6.45, 7) is -1.65. The van der Waals surface area contributed by atoms with Crippen molar-refractivity contribution in [3.63, 3.8) is 0 Å². The number of hydrogen-bond donors (Lipinski definition) is 7. The Bertz CT molecular complexity index is 1980. The molecule has 246 valence electrons. The fraction of sp³-hybridized carbons (Fsp3) is 0.455. The molecule has 24 heteroatoms. The molecular weight excluding hydrogens is 660 g/mol. The summed E-state index contributed by atoms with van der Waals surface area (Å²) in [5.74, 6) is -0.226. The number of aromatic nitrogens is 7. The smallest absolute Gasteiger partial charge is 0.387 e. The number of phosphoric ester groups is 2. The zero-order chi connectivity index (χ0) is 32.5. The van der Waals surface area contributed by atoms with Gasteiger partial charge < -0.3 is 40.9 Å². The zero-order valence-corrected chi connectivity index (χ0v) is 24.8. The maximum atomic E-state index is 13.3. The fourth-order valence-corrected chi connectivity index (χ4v) is 7.42. The first kappa shape index (κ1) is 31.1. The van der Waals surface area contributed by atoms with E-state index in [4.69, 9.17) is 39.0 Å². The number of anilines is 2. The molecular formula is C22H25N9O13P2. The lowest BCUT2D eigenvalue weighted by Crippen LogP contribution is -2.36. The van der Waals surface area contributed by atoms with Crippen molar-refractivity contribution < 1.29 is 56.7 Å². The number of nitrogen functional groups attached to an aromatic ring is 2. The Morgan fingerprint density at radius 2 is 1.63 bits per heavy atom. The van der Waals surface area contributed by atoms with Gasteiger partial charge in [0.2, 0.25) is 5.95 Å². The molecule has 0 radical (unpaired) electrons. The van der Waals surface area contributed by atoms with Crippen LogP contribution in [0.3, 0.4) is 0 Å². The molecule has 7 rings (SSSR count). The molecule has 46 heavy (non-hydrogen) atoms. The lowest BCUT2D eigenvalue weighted by atomic mass is 10.0. The van der Waals surface area contributed by atoms with Crippen LogP contribution >= 0.6 is 15.6 Å². The summed E-state index contributed by atoms with van der Waals surface area (Å²) in [4.78, 5) is 56.3. The molecule has 2 bridgehead atoms. The van der Waals surface area contributed by atoms with Gasteiger partial charge in [-0.1, -0.05) is 0 Å². The molecule has 0 saturated carbocycles. The second-order valence-corrected chi connectivity index (χ2v) is 13.3. The molecule has 3 aliphatic heterocycles. The Morgan fingerprint density at radius 3 is 2.39 bits per heavy atom. The van der Waals surface area contributed by atoms with Crippen LogP contribution in [0.25, 0.3) is 22.1 Å². The summed E-state index contributed by atoms with van der Waals surface area (Å²) in [5, 5.41) is 22.2. The van der Waals surface area contributed by atoms with Crippen molar-refractivity contribution in [3.05, 3.63) is 41.0 Å². The summed E-state index contributed by atoms with van der Waals surface area (Å²) in [7, 11) is -10.2. The molecule has 4 aromatic rings. The van der Waals surface area contributed by atoms with E-state index in [0.29, 0.717) is 0 Å². The minimum atomic E-state index is -5.12. The number of H-pyrrole nitrogens is 1. The SMILES string of the molecule is Nc1nc2c(C3OC4COP(=O)(O)OC5C(COP(=O)(O)OC3C4O)OC(n3cnc4c(N)ncnc43)C5O)cncc2c(=O)[nH]1. The number of phosphoric acid groups is 2. The van der Waals surface area contributed by atoms with Gasteiger partial charge in [-0.15, -0.1) is 0 Å². The average Bonchev–Trinajstić information content (AvgIpc) is 3.65. The number of hydrogen-bond acceptors (Lipinski definition) is 18. The number of fused-ring (bicyclic) bond motifs is 5. The second-order valence-electron chi connectivity index (χ2n) is 10.5. The molecule has 7 heterocycles. The van der Waals surface area contributed by atoms with E-state index >= 15 is 0 Å². The Morgan fingerprint density at radius 1 is 0.913 bits per heavy atom. The minimum absolute atomic E-state index is 0.0177. The molecule has 0 amide bonds. The molecule has 10 atom stereocenters. The van der Waals surface area contributed by atoms with Crippen molar-refractivity contribution in [1.29, 1.82) is 0 Å². The van der Waals surface area contributed by atoms with Crippen molar-refractivity contribution in [3.8, 4) is 0 Å². The Kier molecular flexibility index (Phi) is 7.67. The van der Waals surface area contributed by atoms with Gasteiger partial charge in [-0.3, -0.25) is 37.4 Å². The standard InChI is InChI=1S/C22H25N9O13P2/c23-18-12-19(27-5-26-18)31(6-28-12)21-14(33)16-10(42-21)4-40-46(37,38)44-17-13(32)9(3-39-45(35,36)43-16)41-15(17)7-1-25-2-8-11(7)29-22(24)30-20(8)34/h1-2,5-6,9-10,13-17,21,32-33H,3-4H2,(H,35,36)(H,37,38)(H2,23,26,27)(H3,24,29,30,34). The van der Waals surface area contributed by atoms with Crippen molar-refractivity contribution in [2.24, 2.45) is 0 Å². The highest BCUT2D eigenvalue weighted by atomic mass is 31.2. The van der Waals surface area contributed by atoms with Gasteiger partial charge in [0.15, 0.2) is 17.7 Å². The predicted octanol–water partition coefficient (Wildman–Crippen LogP) is -1.60. The van der Waals surface area contributed by atoms with Crippen molar-refractivity contribution in [2.75, 3.05) is 24.7 Å². The molecule has 3 fully saturated rings. The van der Waals surface area contributed by atoms with E-state index in [2.05, 4.69) is 29.9 Å². The quantitative estimate of drug-likeness (QED) is 0.117. The largest absolute Gasteiger partial charge is 0.472 e. The average molecular weight is 685 g/mol. The van der Waals surface area contributed by atoms with Crippen molar-refractivity contribution in [2.45, 2.75) is 49.0 Å². The topological polar surface area (TPSA) is 325 Å². The maximum absolute atomic E-state index is 13.3. The van der Waals surface area contributed by atoms with Crippen LogP contribution in [0, 0.1) is 0 Å². The van der Waals surface area contributed by atoms with Gasteiger partial charge in [-0.25, -0.2) is 29.1 Å². The van der Waals surface area contributed by atoms with Crippen molar-refractivity contribution >= 4 is 49.5 Å². The Hall–Kier alpha value is -3.50. The molecule has 10 unspecified atom stereocenters. The first-order valence-electron chi connectivity index (χ1n) is 13.4. The summed E-state index contributed by atoms with van der Waals surface area (Å²) >= 11 is 0. The summed E-state index contributed by atoms with van der Waals surface area (Å²) in [5.41, 5.74) is 11.2. The normalized spacial score (nSPS) is 37.0. The molecule has 0 aromatic carbocycles. The minimum Gasteiger partial charge on any atom is -0.387 e. The van der Waals surface area contributed by atoms with Crippen molar-refractivity contribution in [1.82, 2.24) is 34.5 Å². The number of aromatic amines is 1. The van der Waals surface area contributed by atoms with Crippen LogP contribution in [0.5, 0.6) is 0 Å². The Balaban J connectivity index is 1.22. The van der Waals surface area contributed by atoms with Gasteiger partial charge in [-0.05, 0) is 0 Å². The van der Waals surface area contributed by atoms with Crippen LogP contribution in [0.1, 0.15) is 17.9 Å². The van der Waals surface area contributed by atoms with Crippen LogP contribution in [0.4, 0.5) is 11.8 Å². The first-order chi connectivity index (χ1) is 21.8. The summed E-state index contributed by atoms with van der Waals surface area (Å²) in [6, 6.07) is 0. The third-order valence-electron chi connectivity index (χ3n) is 7.59. The molecule has 4 aromatic heterocycles. The number of aliphatic hydroxyl groups excluding tert-OH is 2. The van der Waals surface area contributed by atoms with E-state index in [1.54, 1.807) is 0 Å². The van der Waals surface area contributed by atoms with Gasteiger partial charge in [-0.2, -0.15) is 0 Å². The highest BCUT2D eigenvalue weighted by molar-refractivity contribution is 7.47. The lowest BCUT2D eigenvalue weighted by molar-refractivity contribution is -0.0569. The van der Waals surface area contributed by atoms with Gasteiger partial charge >= 0.3 is 15.6 Å². The van der Waals surface area contributed by atoms with E-state index in [-0.39, 0.29) is 39.4 Å².